The fraction of sp³-hybridized carbons (Fsp3) is 0.524. The van der Waals surface area contributed by atoms with E-state index in [0.717, 1.165) is 76.3 Å². The third-order valence-corrected chi connectivity index (χ3v) is 5.07. The lowest BCUT2D eigenvalue weighted by Crippen LogP contribution is -2.53. The molecule has 0 radical (unpaired) electrons. The van der Waals surface area contributed by atoms with E-state index in [-0.39, 0.29) is 5.56 Å². The number of unbranched alkanes of at least 4 members (excludes halogenated alkanes) is 1. The van der Waals surface area contributed by atoms with Crippen LogP contribution in [0, 0.1) is 6.92 Å². The van der Waals surface area contributed by atoms with Crippen LogP contribution in [0.15, 0.2) is 46.4 Å². The summed E-state index contributed by atoms with van der Waals surface area (Å²) in [4.78, 5) is 29.9. The predicted molar refractivity (Wildman–Crippen MR) is 116 cm³/mol. The van der Waals surface area contributed by atoms with Gasteiger partial charge < -0.3 is 19.7 Å². The number of aromatic nitrogens is 3. The maximum Gasteiger partial charge on any atom is 0.250 e. The van der Waals surface area contributed by atoms with E-state index in [9.17, 15) is 4.79 Å². The molecule has 2 aromatic heterocycles. The number of anilines is 1. The number of rotatable bonds is 7. The molecule has 0 bridgehead atoms. The number of pyridine rings is 1. The van der Waals surface area contributed by atoms with Gasteiger partial charge in [-0.15, -0.1) is 0 Å². The standard InChI is InChI=1S/C21H31N7O/c1-3-22-20(23-10-4-5-13-28-18(2)8-6-9-19(28)29)26-14-16-27(17-15-26)21-24-11-7-12-25-21/h6-9,11-12H,3-5,10,13-17H2,1-2H3,(H,22,23). The summed E-state index contributed by atoms with van der Waals surface area (Å²) in [7, 11) is 0. The largest absolute Gasteiger partial charge is 0.357 e. The Labute approximate surface area is 172 Å². The van der Waals surface area contributed by atoms with Crippen molar-refractivity contribution in [1.82, 2.24) is 24.8 Å². The molecule has 1 fully saturated rings. The van der Waals surface area contributed by atoms with E-state index in [4.69, 9.17) is 4.99 Å². The molecule has 29 heavy (non-hydrogen) atoms. The Morgan fingerprint density at radius 1 is 1.10 bits per heavy atom. The van der Waals surface area contributed by atoms with Gasteiger partial charge in [-0.1, -0.05) is 6.07 Å². The van der Waals surface area contributed by atoms with Gasteiger partial charge in [-0.05, 0) is 38.8 Å². The summed E-state index contributed by atoms with van der Waals surface area (Å²) in [5.41, 5.74) is 1.08. The van der Waals surface area contributed by atoms with E-state index < -0.39 is 0 Å². The van der Waals surface area contributed by atoms with Crippen molar-refractivity contribution in [3.05, 3.63) is 52.7 Å². The maximum atomic E-state index is 11.9. The SMILES string of the molecule is CCNC(=NCCCCn1c(C)cccc1=O)N1CCN(c2ncccn2)CC1. The summed E-state index contributed by atoms with van der Waals surface area (Å²) in [6.45, 7) is 9.95. The molecule has 3 rings (SSSR count). The lowest BCUT2D eigenvalue weighted by Gasteiger charge is -2.36. The van der Waals surface area contributed by atoms with E-state index in [1.807, 2.05) is 29.7 Å². The summed E-state index contributed by atoms with van der Waals surface area (Å²) < 4.78 is 1.83. The van der Waals surface area contributed by atoms with Crippen molar-refractivity contribution in [3.8, 4) is 0 Å². The zero-order valence-corrected chi connectivity index (χ0v) is 17.4. The molecule has 1 saturated heterocycles. The van der Waals surface area contributed by atoms with Crippen LogP contribution in [-0.4, -0.2) is 64.7 Å². The highest BCUT2D eigenvalue weighted by atomic mass is 16.1. The third-order valence-electron chi connectivity index (χ3n) is 5.07. The van der Waals surface area contributed by atoms with Crippen LogP contribution < -0.4 is 15.8 Å². The lowest BCUT2D eigenvalue weighted by molar-refractivity contribution is 0.370. The van der Waals surface area contributed by atoms with Gasteiger partial charge >= 0.3 is 0 Å². The summed E-state index contributed by atoms with van der Waals surface area (Å²) in [5.74, 6) is 1.76. The van der Waals surface area contributed by atoms with Crippen molar-refractivity contribution in [3.63, 3.8) is 0 Å². The van der Waals surface area contributed by atoms with Crippen molar-refractivity contribution in [2.45, 2.75) is 33.2 Å². The highest BCUT2D eigenvalue weighted by Gasteiger charge is 2.20. The first-order valence-corrected chi connectivity index (χ1v) is 10.4. The van der Waals surface area contributed by atoms with Gasteiger partial charge in [0, 0.05) is 70.0 Å². The van der Waals surface area contributed by atoms with Gasteiger partial charge in [0.25, 0.3) is 5.56 Å². The number of nitrogens with one attached hydrogen (secondary N) is 1. The van der Waals surface area contributed by atoms with E-state index in [2.05, 4.69) is 32.0 Å². The van der Waals surface area contributed by atoms with Crippen molar-refractivity contribution in [1.29, 1.82) is 0 Å². The fourth-order valence-corrected chi connectivity index (χ4v) is 3.48. The number of nitrogens with zero attached hydrogens (tertiary/aromatic N) is 6. The highest BCUT2D eigenvalue weighted by molar-refractivity contribution is 5.80. The molecule has 8 nitrogen and oxygen atoms in total. The number of aliphatic imine (C=N–C) groups is 1. The molecule has 0 amide bonds. The Hall–Kier alpha value is -2.90. The number of hydrogen-bond acceptors (Lipinski definition) is 5. The predicted octanol–water partition coefficient (Wildman–Crippen LogP) is 1.51. The molecule has 156 valence electrons. The zero-order valence-electron chi connectivity index (χ0n) is 17.4. The minimum Gasteiger partial charge on any atom is -0.357 e. The summed E-state index contributed by atoms with van der Waals surface area (Å²) >= 11 is 0. The summed E-state index contributed by atoms with van der Waals surface area (Å²) in [5, 5.41) is 3.40. The van der Waals surface area contributed by atoms with E-state index in [1.54, 1.807) is 18.5 Å². The van der Waals surface area contributed by atoms with Gasteiger partial charge in [-0.25, -0.2) is 9.97 Å². The van der Waals surface area contributed by atoms with Crippen LogP contribution in [0.5, 0.6) is 0 Å². The molecule has 1 N–H and O–H groups in total. The molecule has 0 spiro atoms. The van der Waals surface area contributed by atoms with Crippen molar-refractivity contribution in [2.24, 2.45) is 4.99 Å². The van der Waals surface area contributed by atoms with Gasteiger partial charge in [0.1, 0.15) is 0 Å². The molecular weight excluding hydrogens is 366 g/mol. The molecule has 0 saturated carbocycles. The molecule has 8 heteroatoms. The second-order valence-electron chi connectivity index (χ2n) is 7.12. The molecule has 1 aliphatic heterocycles. The normalized spacial score (nSPS) is 14.9. The Kier molecular flexibility index (Phi) is 7.61. The van der Waals surface area contributed by atoms with Gasteiger partial charge in [0.05, 0.1) is 0 Å². The second-order valence-corrected chi connectivity index (χ2v) is 7.12. The summed E-state index contributed by atoms with van der Waals surface area (Å²) in [6.07, 6.45) is 5.46. The van der Waals surface area contributed by atoms with Crippen LogP contribution >= 0.6 is 0 Å². The monoisotopic (exact) mass is 397 g/mol. The first kappa shape index (κ1) is 20.8. The first-order valence-electron chi connectivity index (χ1n) is 10.4. The van der Waals surface area contributed by atoms with Crippen LogP contribution in [0.2, 0.25) is 0 Å². The van der Waals surface area contributed by atoms with Crippen LogP contribution in [0.4, 0.5) is 5.95 Å². The highest BCUT2D eigenvalue weighted by Crippen LogP contribution is 2.10. The Balaban J connectivity index is 1.48. The number of hydrogen-bond donors (Lipinski definition) is 1. The Bertz CT molecular complexity index is 842. The average Bonchev–Trinajstić information content (AvgIpc) is 2.75. The van der Waals surface area contributed by atoms with Gasteiger partial charge in [-0.2, -0.15) is 0 Å². The molecule has 3 heterocycles. The van der Waals surface area contributed by atoms with Crippen LogP contribution in [0.1, 0.15) is 25.5 Å². The van der Waals surface area contributed by atoms with Gasteiger partial charge in [0.15, 0.2) is 5.96 Å². The number of aryl methyl sites for hydroxylation is 1. The summed E-state index contributed by atoms with van der Waals surface area (Å²) in [6, 6.07) is 7.24. The molecule has 0 atom stereocenters. The molecule has 2 aromatic rings. The second kappa shape index (κ2) is 10.6. The minimum absolute atomic E-state index is 0.0714. The first-order chi connectivity index (χ1) is 14.2. The van der Waals surface area contributed by atoms with E-state index >= 15 is 0 Å². The maximum absolute atomic E-state index is 11.9. The molecular formula is C21H31N7O. The van der Waals surface area contributed by atoms with E-state index in [1.165, 1.54) is 0 Å². The van der Waals surface area contributed by atoms with Crippen molar-refractivity contribution >= 4 is 11.9 Å². The fourth-order valence-electron chi connectivity index (χ4n) is 3.48. The van der Waals surface area contributed by atoms with Crippen LogP contribution in [0.25, 0.3) is 0 Å². The molecule has 0 aliphatic carbocycles. The van der Waals surface area contributed by atoms with Crippen molar-refractivity contribution < 1.29 is 0 Å². The Morgan fingerprint density at radius 2 is 1.86 bits per heavy atom. The smallest absolute Gasteiger partial charge is 0.250 e. The zero-order chi connectivity index (χ0) is 20.5. The topological polar surface area (TPSA) is 78.7 Å². The molecule has 0 aromatic carbocycles. The quantitative estimate of drug-likeness (QED) is 0.434. The van der Waals surface area contributed by atoms with Crippen LogP contribution in [0.3, 0.4) is 0 Å². The number of guanidine groups is 1. The lowest BCUT2D eigenvalue weighted by atomic mass is 10.3. The average molecular weight is 398 g/mol. The van der Waals surface area contributed by atoms with Gasteiger partial charge in [0.2, 0.25) is 5.95 Å². The third kappa shape index (κ3) is 5.79. The Morgan fingerprint density at radius 3 is 2.55 bits per heavy atom. The van der Waals surface area contributed by atoms with E-state index in [0.29, 0.717) is 0 Å². The molecule has 0 unspecified atom stereocenters. The van der Waals surface area contributed by atoms with Gasteiger partial charge in [-0.3, -0.25) is 9.79 Å². The minimum atomic E-state index is 0.0714. The van der Waals surface area contributed by atoms with Crippen LogP contribution in [-0.2, 0) is 6.54 Å². The number of piperazine rings is 1. The van der Waals surface area contributed by atoms with Crippen molar-refractivity contribution in [2.75, 3.05) is 44.2 Å². The molecule has 1 aliphatic rings.